The summed E-state index contributed by atoms with van der Waals surface area (Å²) in [5.41, 5.74) is -0.720. The first-order chi connectivity index (χ1) is 17.3. The van der Waals surface area contributed by atoms with Crippen molar-refractivity contribution in [3.63, 3.8) is 0 Å². The number of nitrogens with two attached hydrogens (primary N) is 1. The van der Waals surface area contributed by atoms with Crippen LogP contribution in [0.3, 0.4) is 0 Å². The Morgan fingerprint density at radius 3 is 2.46 bits per heavy atom. The minimum absolute atomic E-state index is 0.165. The fourth-order valence-electron chi connectivity index (χ4n) is 4.31. The number of carbonyl (C=O) groups excluding carboxylic acids is 2. The Balaban J connectivity index is 0.000000195. The summed E-state index contributed by atoms with van der Waals surface area (Å²) in [4.78, 5) is 59.5. The second kappa shape index (κ2) is 9.16. The Labute approximate surface area is 205 Å². The van der Waals surface area contributed by atoms with Gasteiger partial charge in [-0.3, -0.25) is 29.8 Å². The van der Waals surface area contributed by atoms with Crippen LogP contribution in [0.4, 0.5) is 5.69 Å². The number of aliphatic carboxylic acids is 2. The summed E-state index contributed by atoms with van der Waals surface area (Å²) in [7, 11) is -4.22. The first-order valence-electron chi connectivity index (χ1n) is 10.3. The van der Waals surface area contributed by atoms with Crippen LogP contribution in [0.1, 0.15) is 0 Å². The van der Waals surface area contributed by atoms with Gasteiger partial charge in [0.25, 0.3) is 5.69 Å². The van der Waals surface area contributed by atoms with Crippen molar-refractivity contribution in [2.45, 2.75) is 17.0 Å². The molecule has 0 radical (unpaired) electrons. The van der Waals surface area contributed by atoms with Gasteiger partial charge < -0.3 is 15.1 Å². The summed E-state index contributed by atoms with van der Waals surface area (Å²) in [5.74, 6) is -4.59. The topological polar surface area (TPSA) is 246 Å². The summed E-state index contributed by atoms with van der Waals surface area (Å²) >= 11 is 0. The normalized spacial score (nSPS) is 21.9. The first kappa shape index (κ1) is 25.5. The third-order valence-corrected chi connectivity index (χ3v) is 6.82. The zero-order valence-electron chi connectivity index (χ0n) is 18.4. The number of nitro groups is 1. The number of rotatable bonds is 4. The zero-order chi connectivity index (χ0) is 27.2. The summed E-state index contributed by atoms with van der Waals surface area (Å²) in [5, 5.41) is 40.4. The highest BCUT2D eigenvalue weighted by atomic mass is 32.2. The number of fused-ring (bicyclic) bond motifs is 4. The van der Waals surface area contributed by atoms with Crippen molar-refractivity contribution < 1.29 is 47.6 Å². The van der Waals surface area contributed by atoms with E-state index in [1.54, 1.807) is 0 Å². The molecule has 192 valence electrons. The molecule has 1 fully saturated rings. The van der Waals surface area contributed by atoms with Crippen LogP contribution in [0, 0.1) is 16.0 Å². The smallest absolute Gasteiger partial charge is 0.354 e. The van der Waals surface area contributed by atoms with Crippen LogP contribution < -0.4 is 20.9 Å². The van der Waals surface area contributed by atoms with Gasteiger partial charge in [-0.2, -0.15) is 0 Å². The molecule has 3 aliphatic rings. The number of non-ortho nitro benzene ring substituents is 1. The van der Waals surface area contributed by atoms with Crippen molar-refractivity contribution >= 4 is 67.9 Å². The Morgan fingerprint density at radius 1 is 1.19 bits per heavy atom. The van der Waals surface area contributed by atoms with Crippen LogP contribution in [0.2, 0.25) is 0 Å². The minimum atomic E-state index is -4.22. The monoisotopic (exact) mass is 532 g/mol. The number of nitro benzene ring substituents is 1. The van der Waals surface area contributed by atoms with Gasteiger partial charge in [-0.15, -0.1) is 0 Å². The van der Waals surface area contributed by atoms with Crippen molar-refractivity contribution in [1.29, 1.82) is 0 Å². The fraction of sp³-hybridized carbons (Fsp3) is 0.190. The van der Waals surface area contributed by atoms with E-state index in [1.165, 1.54) is 12.1 Å². The van der Waals surface area contributed by atoms with Crippen LogP contribution in [-0.4, -0.2) is 71.5 Å². The summed E-state index contributed by atoms with van der Waals surface area (Å²) in [6, 6.07) is 4.09. The number of Topliss-reactive ketones (excluding diaryl/α,β-unsaturated/α-hetero) is 2. The number of oxime groups is 1. The molecule has 5 N–H and O–H groups in total. The lowest BCUT2D eigenvalue weighted by Crippen LogP contribution is -2.41. The molecule has 0 bridgehead atoms. The number of benzene rings is 2. The predicted octanol–water partition coefficient (Wildman–Crippen LogP) is -2.39. The van der Waals surface area contributed by atoms with Gasteiger partial charge in [-0.05, 0) is 34.0 Å². The summed E-state index contributed by atoms with van der Waals surface area (Å²) < 4.78 is 23.4. The maximum atomic E-state index is 11.7. The van der Waals surface area contributed by atoms with E-state index in [0.717, 1.165) is 24.3 Å². The van der Waals surface area contributed by atoms with E-state index in [1.807, 2.05) is 0 Å². The Bertz CT molecular complexity index is 1680. The molecule has 1 aliphatic carbocycles. The van der Waals surface area contributed by atoms with Gasteiger partial charge >= 0.3 is 11.9 Å². The van der Waals surface area contributed by atoms with Gasteiger partial charge in [0.1, 0.15) is 6.04 Å². The highest BCUT2D eigenvalue weighted by molar-refractivity contribution is 7.89. The van der Waals surface area contributed by atoms with Crippen LogP contribution in [0.5, 0.6) is 0 Å². The molecule has 37 heavy (non-hydrogen) atoms. The highest BCUT2D eigenvalue weighted by Crippen LogP contribution is 2.29. The number of carbonyl (C=O) groups is 4. The van der Waals surface area contributed by atoms with Crippen molar-refractivity contribution in [2.24, 2.45) is 16.2 Å². The molecule has 5 rings (SSSR count). The average Bonchev–Trinajstić information content (AvgIpc) is 3.41. The predicted molar refractivity (Wildman–Crippen MR) is 123 cm³/mol. The maximum absolute atomic E-state index is 11.7. The maximum Gasteiger partial charge on any atom is 0.354 e. The largest absolute Gasteiger partial charge is 0.480 e. The standard InChI is InChI=1S/C14H8N2O6S.C7H8N2O5/c15-23(21,22)13-3-1-2-8-9-6-12(18)11(17)5-7(9)4-10(14(8)13)16(19)20;10-6(11)4-3-2(1-8-4)14-9-5(3)7(12)13/h1-6H,(H2,15,21,22);2-4,8H,1H2,(H,10,11)(H,12,13)/t;2-,3-,4-/m.0/s1. The van der Waals surface area contributed by atoms with Crippen LogP contribution in [0.25, 0.3) is 22.9 Å². The summed E-state index contributed by atoms with van der Waals surface area (Å²) in [6.07, 6.45) is 1.56. The second-order valence-electron chi connectivity index (χ2n) is 8.07. The molecule has 15 nitrogen and oxygen atoms in total. The van der Waals surface area contributed by atoms with Crippen LogP contribution in [-0.2, 0) is 34.0 Å². The molecule has 2 aliphatic heterocycles. The number of nitrogens with one attached hydrogen (secondary N) is 1. The van der Waals surface area contributed by atoms with E-state index in [2.05, 4.69) is 10.5 Å². The van der Waals surface area contributed by atoms with Gasteiger partial charge in [0.05, 0.1) is 21.1 Å². The number of carboxylic acids is 2. The minimum Gasteiger partial charge on any atom is -0.480 e. The third kappa shape index (κ3) is 4.55. The molecule has 3 atom stereocenters. The molecule has 1 saturated heterocycles. The van der Waals surface area contributed by atoms with E-state index < -0.39 is 67.1 Å². The van der Waals surface area contributed by atoms with E-state index in [-0.39, 0.29) is 26.9 Å². The van der Waals surface area contributed by atoms with Gasteiger partial charge in [0.15, 0.2) is 11.8 Å². The Hall–Kier alpha value is -4.54. The highest BCUT2D eigenvalue weighted by Gasteiger charge is 2.50. The van der Waals surface area contributed by atoms with Gasteiger partial charge in [0, 0.05) is 12.6 Å². The van der Waals surface area contributed by atoms with Crippen molar-refractivity contribution in [1.82, 2.24) is 5.32 Å². The van der Waals surface area contributed by atoms with E-state index in [9.17, 15) is 37.7 Å². The summed E-state index contributed by atoms with van der Waals surface area (Å²) in [6.45, 7) is 0.307. The average molecular weight is 532 g/mol. The van der Waals surface area contributed by atoms with Crippen LogP contribution >= 0.6 is 0 Å². The van der Waals surface area contributed by atoms with Gasteiger partial charge in [-0.1, -0.05) is 17.3 Å². The lowest BCUT2D eigenvalue weighted by Gasteiger charge is -2.11. The zero-order valence-corrected chi connectivity index (χ0v) is 19.2. The molecule has 2 heterocycles. The number of hydrogen-bond acceptors (Lipinski definition) is 11. The Morgan fingerprint density at radius 2 is 1.86 bits per heavy atom. The molecule has 0 saturated carbocycles. The molecule has 0 spiro atoms. The van der Waals surface area contributed by atoms with Gasteiger partial charge in [-0.25, -0.2) is 18.4 Å². The second-order valence-corrected chi connectivity index (χ2v) is 9.60. The number of primary sulfonamides is 1. The van der Waals surface area contributed by atoms with E-state index in [0.29, 0.717) is 6.54 Å². The molecule has 2 aromatic rings. The number of carboxylic acid groups (broad SMARTS) is 2. The number of hydrogen-bond donors (Lipinski definition) is 4. The number of nitrogens with zero attached hydrogens (tertiary/aromatic N) is 2. The quantitative estimate of drug-likeness (QED) is 0.183. The van der Waals surface area contributed by atoms with Crippen molar-refractivity contribution in [2.75, 3.05) is 6.54 Å². The fourth-order valence-corrected chi connectivity index (χ4v) is 5.07. The van der Waals surface area contributed by atoms with Crippen molar-refractivity contribution in [3.8, 4) is 0 Å². The van der Waals surface area contributed by atoms with E-state index in [4.69, 9.17) is 20.2 Å². The molecule has 0 amide bonds. The van der Waals surface area contributed by atoms with Crippen LogP contribution in [0.15, 0.2) is 34.3 Å². The Kier molecular flexibility index (Phi) is 6.32. The number of sulfonamides is 1. The van der Waals surface area contributed by atoms with E-state index >= 15 is 0 Å². The van der Waals surface area contributed by atoms with Gasteiger partial charge in [0.2, 0.25) is 21.6 Å². The molecular formula is C21H16N4O11S. The molecular weight excluding hydrogens is 516 g/mol. The SMILES string of the molecule is NS(=O)(=O)c1cccc2c3c(cc([N+](=O)[O-])c12)=CC(=O)C(=O)C=3.O=C(O)C1=NO[C@H]2CN[C@H](C(=O)O)[C@@H]12. The molecule has 2 aromatic carbocycles. The first-order valence-corrected chi connectivity index (χ1v) is 11.8. The molecule has 0 unspecified atom stereocenters. The number of ketones is 2. The molecule has 0 aromatic heterocycles. The lowest BCUT2D eigenvalue weighted by atomic mass is 9.94. The lowest BCUT2D eigenvalue weighted by molar-refractivity contribution is -0.383. The van der Waals surface area contributed by atoms with Crippen molar-refractivity contribution in [3.05, 3.63) is 44.8 Å². The molecule has 16 heteroatoms. The third-order valence-electron chi connectivity index (χ3n) is 5.87.